The first-order chi connectivity index (χ1) is 11.5. The van der Waals surface area contributed by atoms with Gasteiger partial charge in [-0.3, -0.25) is 4.90 Å². The highest BCUT2D eigenvalue weighted by atomic mass is 35.5. The van der Waals surface area contributed by atoms with Crippen LogP contribution < -0.4 is 10.6 Å². The third kappa shape index (κ3) is 2.62. The molecule has 0 spiro atoms. The van der Waals surface area contributed by atoms with Crippen LogP contribution in [0.1, 0.15) is 12.8 Å². The highest BCUT2D eigenvalue weighted by molar-refractivity contribution is 6.33. The van der Waals surface area contributed by atoms with Crippen molar-refractivity contribution >= 4 is 23.1 Å². The molecule has 2 bridgehead atoms. The summed E-state index contributed by atoms with van der Waals surface area (Å²) >= 11 is 5.97. The molecule has 3 heterocycles. The molecule has 2 fully saturated rings. The minimum atomic E-state index is -0.595. The molecule has 0 amide bonds. The van der Waals surface area contributed by atoms with Crippen molar-refractivity contribution in [1.29, 1.82) is 0 Å². The number of nitrogen functional groups attached to an aromatic ring is 1. The number of hydrogen-bond donors (Lipinski definition) is 1. The molecule has 2 unspecified atom stereocenters. The fourth-order valence-electron chi connectivity index (χ4n) is 3.86. The van der Waals surface area contributed by atoms with Crippen molar-refractivity contribution in [1.82, 2.24) is 9.88 Å². The molecule has 1 aromatic carbocycles. The van der Waals surface area contributed by atoms with Crippen molar-refractivity contribution < 1.29 is 4.39 Å². The predicted molar refractivity (Wildman–Crippen MR) is 95.8 cm³/mol. The first-order valence-corrected chi connectivity index (χ1v) is 8.59. The molecule has 24 heavy (non-hydrogen) atoms. The lowest BCUT2D eigenvalue weighted by atomic mass is 10.1. The lowest BCUT2D eigenvalue weighted by Crippen LogP contribution is -2.51. The molecule has 2 atom stereocenters. The Morgan fingerprint density at radius 1 is 1.17 bits per heavy atom. The Bertz CT molecular complexity index is 750. The van der Waals surface area contributed by atoms with Crippen molar-refractivity contribution in [2.75, 3.05) is 30.8 Å². The van der Waals surface area contributed by atoms with E-state index in [4.69, 9.17) is 17.3 Å². The number of piperazine rings is 1. The van der Waals surface area contributed by atoms with Crippen molar-refractivity contribution in [2.24, 2.45) is 0 Å². The van der Waals surface area contributed by atoms with Gasteiger partial charge in [0.1, 0.15) is 5.82 Å². The number of hydrogen-bond acceptors (Lipinski definition) is 4. The van der Waals surface area contributed by atoms with Crippen LogP contribution >= 0.6 is 11.6 Å². The van der Waals surface area contributed by atoms with Crippen LogP contribution in [0.25, 0.3) is 11.1 Å². The van der Waals surface area contributed by atoms with E-state index in [2.05, 4.69) is 21.8 Å². The third-order valence-electron chi connectivity index (χ3n) is 5.35. The fourth-order valence-corrected chi connectivity index (χ4v) is 4.01. The first-order valence-electron chi connectivity index (χ1n) is 8.22. The minimum absolute atomic E-state index is 0.0162. The molecule has 0 saturated carbocycles. The molecule has 0 aliphatic carbocycles. The van der Waals surface area contributed by atoms with Gasteiger partial charge in [0, 0.05) is 36.4 Å². The predicted octanol–water partition coefficient (Wildman–Crippen LogP) is 3.41. The van der Waals surface area contributed by atoms with E-state index in [1.54, 1.807) is 0 Å². The molecule has 0 radical (unpaired) electrons. The summed E-state index contributed by atoms with van der Waals surface area (Å²) in [5, 5.41) is 0.270. The first kappa shape index (κ1) is 15.7. The maximum Gasteiger partial charge on any atom is 0.222 e. The molecule has 2 aliphatic rings. The second-order valence-electron chi connectivity index (χ2n) is 6.70. The number of halogens is 2. The molecule has 2 aromatic rings. The number of nitrogens with zero attached hydrogens (tertiary/aromatic N) is 3. The summed E-state index contributed by atoms with van der Waals surface area (Å²) in [7, 11) is 2.23. The maximum atomic E-state index is 14.1. The van der Waals surface area contributed by atoms with Crippen LogP contribution in [0.15, 0.2) is 30.3 Å². The van der Waals surface area contributed by atoms with Crippen molar-refractivity contribution in [2.45, 2.75) is 24.9 Å². The van der Waals surface area contributed by atoms with Gasteiger partial charge in [0.05, 0.1) is 5.02 Å². The summed E-state index contributed by atoms with van der Waals surface area (Å²) in [6.45, 7) is 2.10. The Labute approximate surface area is 146 Å². The van der Waals surface area contributed by atoms with Crippen LogP contribution in [0, 0.1) is 5.95 Å². The molecule has 2 N–H and O–H groups in total. The van der Waals surface area contributed by atoms with Crippen LogP contribution in [0.5, 0.6) is 0 Å². The molecule has 2 aliphatic heterocycles. The number of benzene rings is 1. The summed E-state index contributed by atoms with van der Waals surface area (Å²) in [6.07, 6.45) is 2.55. The Kier molecular flexibility index (Phi) is 3.85. The molecule has 2 saturated heterocycles. The molecule has 126 valence electrons. The fraction of sp³-hybridized carbons (Fsp3) is 0.389. The van der Waals surface area contributed by atoms with Gasteiger partial charge in [-0.15, -0.1) is 0 Å². The molecular formula is C18H20ClFN4. The number of fused-ring (bicyclic) bond motifs is 2. The summed E-state index contributed by atoms with van der Waals surface area (Å²) in [5.74, 6) is -0.579. The highest BCUT2D eigenvalue weighted by Crippen LogP contribution is 2.33. The molecule has 6 heteroatoms. The van der Waals surface area contributed by atoms with E-state index in [1.807, 2.05) is 24.3 Å². The van der Waals surface area contributed by atoms with Crippen molar-refractivity contribution in [3.63, 3.8) is 0 Å². The quantitative estimate of drug-likeness (QED) is 0.846. The zero-order valence-corrected chi connectivity index (χ0v) is 14.3. The number of likely N-dealkylation sites (N-methyl/N-ethyl adjacent to an activating group) is 1. The molecule has 4 rings (SSSR count). The van der Waals surface area contributed by atoms with Crippen LogP contribution in [0.4, 0.5) is 15.9 Å². The number of aromatic nitrogens is 1. The summed E-state index contributed by atoms with van der Waals surface area (Å²) in [6, 6.07) is 10.7. The zero-order valence-electron chi connectivity index (χ0n) is 13.5. The van der Waals surface area contributed by atoms with Gasteiger partial charge < -0.3 is 10.6 Å². The standard InChI is InChI=1S/C18H20ClFN4/c1-23-13-6-7-14(23)10-24(9-13)12-4-2-11(3-5-12)15-8-16(19)18(21)22-17(15)20/h2-5,8,13-14H,6-7,9-10H2,1H3,(H2,21,22). The Balaban J connectivity index is 1.59. The third-order valence-corrected chi connectivity index (χ3v) is 5.65. The van der Waals surface area contributed by atoms with Crippen LogP contribution in [-0.2, 0) is 0 Å². The number of anilines is 2. The smallest absolute Gasteiger partial charge is 0.222 e. The van der Waals surface area contributed by atoms with Gasteiger partial charge >= 0.3 is 0 Å². The van der Waals surface area contributed by atoms with Crippen molar-refractivity contribution in [3.8, 4) is 11.1 Å². The molecular weight excluding hydrogens is 327 g/mol. The number of rotatable bonds is 2. The van der Waals surface area contributed by atoms with E-state index < -0.39 is 5.95 Å². The van der Waals surface area contributed by atoms with E-state index in [9.17, 15) is 4.39 Å². The number of pyridine rings is 1. The average Bonchev–Trinajstić information content (AvgIpc) is 2.79. The van der Waals surface area contributed by atoms with E-state index in [1.165, 1.54) is 24.6 Å². The Morgan fingerprint density at radius 2 is 1.79 bits per heavy atom. The largest absolute Gasteiger partial charge is 0.382 e. The Morgan fingerprint density at radius 3 is 2.42 bits per heavy atom. The van der Waals surface area contributed by atoms with Gasteiger partial charge in [-0.2, -0.15) is 4.39 Å². The zero-order chi connectivity index (χ0) is 16.8. The van der Waals surface area contributed by atoms with Gasteiger partial charge in [-0.05, 0) is 43.7 Å². The van der Waals surface area contributed by atoms with Gasteiger partial charge in [0.15, 0.2) is 0 Å². The topological polar surface area (TPSA) is 45.4 Å². The summed E-state index contributed by atoms with van der Waals surface area (Å²) in [4.78, 5) is 8.59. The van der Waals surface area contributed by atoms with Gasteiger partial charge in [0.25, 0.3) is 0 Å². The Hall–Kier alpha value is -1.85. The average molecular weight is 347 g/mol. The summed E-state index contributed by atoms with van der Waals surface area (Å²) in [5.41, 5.74) is 7.84. The van der Waals surface area contributed by atoms with E-state index >= 15 is 0 Å². The molecule has 4 nitrogen and oxygen atoms in total. The van der Waals surface area contributed by atoms with E-state index in [0.29, 0.717) is 17.6 Å². The summed E-state index contributed by atoms with van der Waals surface area (Å²) < 4.78 is 14.1. The van der Waals surface area contributed by atoms with Gasteiger partial charge in [0.2, 0.25) is 5.95 Å². The lowest BCUT2D eigenvalue weighted by Gasteiger charge is -2.40. The van der Waals surface area contributed by atoms with Crippen LogP contribution in [-0.4, -0.2) is 42.1 Å². The van der Waals surface area contributed by atoms with Gasteiger partial charge in [-0.1, -0.05) is 23.7 Å². The SMILES string of the molecule is CN1C2CCC1CN(c1ccc(-c3cc(Cl)c(N)nc3F)cc1)C2. The maximum absolute atomic E-state index is 14.1. The van der Waals surface area contributed by atoms with Crippen LogP contribution in [0.3, 0.4) is 0 Å². The van der Waals surface area contributed by atoms with Crippen molar-refractivity contribution in [3.05, 3.63) is 41.3 Å². The highest BCUT2D eigenvalue weighted by Gasteiger charge is 2.37. The van der Waals surface area contributed by atoms with E-state index in [0.717, 1.165) is 18.7 Å². The lowest BCUT2D eigenvalue weighted by molar-refractivity contribution is 0.212. The normalized spacial score (nSPS) is 23.7. The van der Waals surface area contributed by atoms with E-state index in [-0.39, 0.29) is 10.8 Å². The monoisotopic (exact) mass is 346 g/mol. The second kappa shape index (κ2) is 5.90. The van der Waals surface area contributed by atoms with Crippen LogP contribution in [0.2, 0.25) is 5.02 Å². The number of nitrogens with two attached hydrogens (primary N) is 1. The minimum Gasteiger partial charge on any atom is -0.382 e. The van der Waals surface area contributed by atoms with Gasteiger partial charge in [-0.25, -0.2) is 4.98 Å². The second-order valence-corrected chi connectivity index (χ2v) is 7.10. The molecule has 1 aromatic heterocycles.